The van der Waals surface area contributed by atoms with Gasteiger partial charge in [0.15, 0.2) is 5.13 Å². The van der Waals surface area contributed by atoms with Crippen LogP contribution in [0.25, 0.3) is 21.3 Å². The summed E-state index contributed by atoms with van der Waals surface area (Å²) >= 11 is 1.44. The van der Waals surface area contributed by atoms with Gasteiger partial charge in [-0.2, -0.15) is 0 Å². The quantitative estimate of drug-likeness (QED) is 0.716. The zero-order valence-corrected chi connectivity index (χ0v) is 10.6. The van der Waals surface area contributed by atoms with Crippen molar-refractivity contribution in [3.05, 3.63) is 47.8 Å². The Morgan fingerprint density at radius 1 is 1.11 bits per heavy atom. The first kappa shape index (κ1) is 11.2. The number of nitrogen functional groups attached to an aromatic ring is 1. The fourth-order valence-electron chi connectivity index (χ4n) is 1.89. The van der Waals surface area contributed by atoms with Crippen LogP contribution in [0.15, 0.2) is 36.4 Å². The number of halogens is 1. The van der Waals surface area contributed by atoms with Gasteiger partial charge < -0.3 is 5.73 Å². The molecular formula is C14H11FN2S. The number of aryl methyl sites for hydroxylation is 1. The Morgan fingerprint density at radius 2 is 1.83 bits per heavy atom. The van der Waals surface area contributed by atoms with Crippen LogP contribution in [0, 0.1) is 12.7 Å². The highest BCUT2D eigenvalue weighted by atomic mass is 32.1. The maximum atomic E-state index is 13.6. The molecule has 0 unspecified atom stereocenters. The zero-order chi connectivity index (χ0) is 12.7. The fraction of sp³-hybridized carbons (Fsp3) is 0.0714. The highest BCUT2D eigenvalue weighted by Gasteiger charge is 2.05. The Labute approximate surface area is 108 Å². The first-order valence-corrected chi connectivity index (χ1v) is 6.38. The van der Waals surface area contributed by atoms with Gasteiger partial charge in [0.1, 0.15) is 5.82 Å². The van der Waals surface area contributed by atoms with E-state index in [1.54, 1.807) is 19.1 Å². The fourth-order valence-corrected chi connectivity index (χ4v) is 2.67. The minimum atomic E-state index is -0.184. The topological polar surface area (TPSA) is 38.9 Å². The van der Waals surface area contributed by atoms with Gasteiger partial charge in [0.05, 0.1) is 10.2 Å². The van der Waals surface area contributed by atoms with Gasteiger partial charge in [0, 0.05) is 0 Å². The van der Waals surface area contributed by atoms with E-state index in [0.717, 1.165) is 21.3 Å². The van der Waals surface area contributed by atoms with Crippen molar-refractivity contribution in [3.63, 3.8) is 0 Å². The van der Waals surface area contributed by atoms with E-state index in [9.17, 15) is 4.39 Å². The van der Waals surface area contributed by atoms with E-state index in [2.05, 4.69) is 4.98 Å². The number of thiazole rings is 1. The van der Waals surface area contributed by atoms with Gasteiger partial charge in [0.25, 0.3) is 0 Å². The van der Waals surface area contributed by atoms with E-state index in [-0.39, 0.29) is 5.82 Å². The summed E-state index contributed by atoms with van der Waals surface area (Å²) in [7, 11) is 0. The highest BCUT2D eigenvalue weighted by molar-refractivity contribution is 7.22. The molecule has 0 spiro atoms. The number of hydrogen-bond donors (Lipinski definition) is 1. The number of aromatic nitrogens is 1. The Balaban J connectivity index is 2.15. The van der Waals surface area contributed by atoms with Crippen molar-refractivity contribution >= 4 is 26.7 Å². The van der Waals surface area contributed by atoms with E-state index < -0.39 is 0 Å². The lowest BCUT2D eigenvalue weighted by molar-refractivity contribution is 0.619. The Hall–Kier alpha value is -1.94. The summed E-state index contributed by atoms with van der Waals surface area (Å²) in [5.41, 5.74) is 9.05. The molecule has 0 atom stereocenters. The summed E-state index contributed by atoms with van der Waals surface area (Å²) in [5.74, 6) is -0.184. The molecule has 0 fully saturated rings. The molecule has 0 aliphatic rings. The van der Waals surface area contributed by atoms with Gasteiger partial charge in [-0.15, -0.1) is 0 Å². The predicted molar refractivity (Wildman–Crippen MR) is 74.2 cm³/mol. The number of nitrogens with zero attached hydrogens (tertiary/aromatic N) is 1. The van der Waals surface area contributed by atoms with Crippen LogP contribution in [0.1, 0.15) is 5.56 Å². The second-order valence-electron chi connectivity index (χ2n) is 4.20. The molecule has 3 rings (SSSR count). The molecular weight excluding hydrogens is 247 g/mol. The van der Waals surface area contributed by atoms with Crippen LogP contribution in [0.2, 0.25) is 0 Å². The van der Waals surface area contributed by atoms with Gasteiger partial charge >= 0.3 is 0 Å². The van der Waals surface area contributed by atoms with Crippen molar-refractivity contribution < 1.29 is 4.39 Å². The van der Waals surface area contributed by atoms with Gasteiger partial charge in [-0.25, -0.2) is 9.37 Å². The summed E-state index contributed by atoms with van der Waals surface area (Å²) < 4.78 is 14.6. The average Bonchev–Trinajstić information content (AvgIpc) is 2.71. The molecule has 90 valence electrons. The van der Waals surface area contributed by atoms with Crippen molar-refractivity contribution in [3.8, 4) is 11.1 Å². The van der Waals surface area contributed by atoms with Crippen LogP contribution in [-0.2, 0) is 0 Å². The van der Waals surface area contributed by atoms with Gasteiger partial charge in [0.2, 0.25) is 0 Å². The molecule has 2 nitrogen and oxygen atoms in total. The lowest BCUT2D eigenvalue weighted by atomic mass is 10.0. The van der Waals surface area contributed by atoms with Crippen LogP contribution in [0.3, 0.4) is 0 Å². The summed E-state index contributed by atoms with van der Waals surface area (Å²) in [5, 5.41) is 0.553. The molecule has 0 saturated heterocycles. The molecule has 3 aromatic rings. The number of anilines is 1. The summed E-state index contributed by atoms with van der Waals surface area (Å²) in [6.07, 6.45) is 0. The molecule has 18 heavy (non-hydrogen) atoms. The van der Waals surface area contributed by atoms with Crippen molar-refractivity contribution in [2.24, 2.45) is 0 Å². The smallest absolute Gasteiger partial charge is 0.181 e. The van der Waals surface area contributed by atoms with Crippen LogP contribution >= 0.6 is 11.3 Å². The third-order valence-corrected chi connectivity index (χ3v) is 3.76. The third kappa shape index (κ3) is 1.84. The highest BCUT2D eigenvalue weighted by Crippen LogP contribution is 2.29. The van der Waals surface area contributed by atoms with Crippen LogP contribution in [0.4, 0.5) is 9.52 Å². The summed E-state index contributed by atoms with van der Waals surface area (Å²) in [4.78, 5) is 4.20. The second kappa shape index (κ2) is 4.07. The molecule has 0 aliphatic heterocycles. The lowest BCUT2D eigenvalue weighted by Gasteiger charge is -2.03. The molecule has 1 aromatic heterocycles. The molecule has 4 heteroatoms. The first-order valence-electron chi connectivity index (χ1n) is 5.56. The molecule has 0 radical (unpaired) electrons. The number of rotatable bonds is 1. The lowest BCUT2D eigenvalue weighted by Crippen LogP contribution is -1.84. The summed E-state index contributed by atoms with van der Waals surface area (Å²) in [6.45, 7) is 1.76. The molecule has 2 N–H and O–H groups in total. The van der Waals surface area contributed by atoms with E-state index >= 15 is 0 Å². The van der Waals surface area contributed by atoms with E-state index in [4.69, 9.17) is 5.73 Å². The average molecular weight is 258 g/mol. The summed E-state index contributed by atoms with van der Waals surface area (Å²) in [6, 6.07) is 11.1. The van der Waals surface area contributed by atoms with Crippen molar-refractivity contribution in [1.82, 2.24) is 4.98 Å². The maximum Gasteiger partial charge on any atom is 0.181 e. The molecule has 2 aromatic carbocycles. The Kier molecular flexibility index (Phi) is 2.52. The maximum absolute atomic E-state index is 13.6. The normalized spacial score (nSPS) is 11.0. The monoisotopic (exact) mass is 258 g/mol. The van der Waals surface area contributed by atoms with Crippen molar-refractivity contribution in [1.29, 1.82) is 0 Å². The van der Waals surface area contributed by atoms with Gasteiger partial charge in [-0.3, -0.25) is 0 Å². The molecule has 0 aliphatic carbocycles. The largest absolute Gasteiger partial charge is 0.375 e. The van der Waals surface area contributed by atoms with E-state index in [0.29, 0.717) is 10.7 Å². The minimum absolute atomic E-state index is 0.184. The van der Waals surface area contributed by atoms with Crippen molar-refractivity contribution in [2.45, 2.75) is 6.92 Å². The van der Waals surface area contributed by atoms with Gasteiger partial charge in [-0.1, -0.05) is 29.5 Å². The Bertz CT molecular complexity index is 734. The van der Waals surface area contributed by atoms with Crippen LogP contribution < -0.4 is 5.73 Å². The molecule has 0 amide bonds. The number of nitrogens with two attached hydrogens (primary N) is 1. The van der Waals surface area contributed by atoms with E-state index in [1.165, 1.54) is 11.3 Å². The molecule has 0 saturated carbocycles. The van der Waals surface area contributed by atoms with Crippen molar-refractivity contribution in [2.75, 3.05) is 5.73 Å². The molecule has 0 bridgehead atoms. The number of fused-ring (bicyclic) bond motifs is 1. The second-order valence-corrected chi connectivity index (χ2v) is 5.26. The SMILES string of the molecule is Cc1ccc(-c2ccc3nc(N)sc3c2)cc1F. The number of benzene rings is 2. The van der Waals surface area contributed by atoms with Gasteiger partial charge in [-0.05, 0) is 41.8 Å². The first-order chi connectivity index (χ1) is 8.63. The number of hydrogen-bond acceptors (Lipinski definition) is 3. The third-order valence-electron chi connectivity index (χ3n) is 2.91. The van der Waals surface area contributed by atoms with Crippen LogP contribution in [-0.4, -0.2) is 4.98 Å². The standard InChI is InChI=1S/C14H11FN2S/c1-8-2-3-9(6-11(8)15)10-4-5-12-13(7-10)18-14(16)17-12/h2-7H,1H3,(H2,16,17). The minimum Gasteiger partial charge on any atom is -0.375 e. The van der Waals surface area contributed by atoms with Crippen LogP contribution in [0.5, 0.6) is 0 Å². The van der Waals surface area contributed by atoms with E-state index in [1.807, 2.05) is 24.3 Å². The molecule has 1 heterocycles. The predicted octanol–water partition coefficient (Wildman–Crippen LogP) is 3.99. The zero-order valence-electron chi connectivity index (χ0n) is 9.77. The Morgan fingerprint density at radius 3 is 2.61 bits per heavy atom.